The summed E-state index contributed by atoms with van der Waals surface area (Å²) in [6, 6.07) is 16.4. The Kier molecular flexibility index (Phi) is 3.81. The third-order valence-corrected chi connectivity index (χ3v) is 4.26. The highest BCUT2D eigenvalue weighted by atomic mass is 79.9. The molecule has 0 bridgehead atoms. The van der Waals surface area contributed by atoms with Crippen LogP contribution in [0.25, 0.3) is 0 Å². The second kappa shape index (κ2) is 5.56. The first-order valence-corrected chi connectivity index (χ1v) is 7.59. The molecule has 19 heavy (non-hydrogen) atoms. The zero-order valence-electron chi connectivity index (χ0n) is 10.4. The van der Waals surface area contributed by atoms with Crippen LogP contribution in [-0.4, -0.2) is 5.38 Å². The van der Waals surface area contributed by atoms with E-state index in [1.165, 1.54) is 11.1 Å². The largest absolute Gasteiger partial charge is 0.485 e. The van der Waals surface area contributed by atoms with Crippen LogP contribution >= 0.6 is 27.5 Å². The molecule has 2 aromatic carbocycles. The van der Waals surface area contributed by atoms with Crippen LogP contribution in [0.15, 0.2) is 53.0 Å². The van der Waals surface area contributed by atoms with Crippen LogP contribution in [0.4, 0.5) is 0 Å². The van der Waals surface area contributed by atoms with Crippen molar-refractivity contribution in [3.05, 3.63) is 64.1 Å². The highest BCUT2D eigenvalue weighted by Gasteiger charge is 2.24. The summed E-state index contributed by atoms with van der Waals surface area (Å²) in [6.07, 6.45) is 1.72. The molecular formula is C16H14BrClO. The number of alkyl halides is 1. The van der Waals surface area contributed by atoms with Crippen LogP contribution in [-0.2, 0) is 6.42 Å². The number of hydrogen-bond acceptors (Lipinski definition) is 1. The van der Waals surface area contributed by atoms with Gasteiger partial charge in [-0.1, -0.05) is 46.3 Å². The zero-order chi connectivity index (χ0) is 13.2. The van der Waals surface area contributed by atoms with Crippen LogP contribution in [0.5, 0.6) is 5.75 Å². The second-order valence-corrected chi connectivity index (χ2v) is 6.34. The molecule has 2 aromatic rings. The lowest BCUT2D eigenvalue weighted by Crippen LogP contribution is -2.11. The topological polar surface area (TPSA) is 9.23 Å². The van der Waals surface area contributed by atoms with Gasteiger partial charge in [0.05, 0.1) is 0 Å². The Balaban J connectivity index is 1.93. The van der Waals surface area contributed by atoms with E-state index in [1.54, 1.807) is 0 Å². The summed E-state index contributed by atoms with van der Waals surface area (Å²) in [7, 11) is 0. The first-order chi connectivity index (χ1) is 9.22. The van der Waals surface area contributed by atoms with Crippen molar-refractivity contribution in [3.8, 4) is 5.75 Å². The predicted octanol–water partition coefficient (Wildman–Crippen LogP) is 5.12. The van der Waals surface area contributed by atoms with Crippen LogP contribution in [0.3, 0.4) is 0 Å². The van der Waals surface area contributed by atoms with Gasteiger partial charge in [0.15, 0.2) is 0 Å². The normalized spacial score (nSPS) is 22.2. The molecule has 0 saturated heterocycles. The lowest BCUT2D eigenvalue weighted by molar-refractivity contribution is 0.201. The minimum absolute atomic E-state index is 0.0271. The van der Waals surface area contributed by atoms with E-state index in [-0.39, 0.29) is 11.5 Å². The van der Waals surface area contributed by atoms with Gasteiger partial charge >= 0.3 is 0 Å². The van der Waals surface area contributed by atoms with Crippen molar-refractivity contribution < 1.29 is 4.74 Å². The van der Waals surface area contributed by atoms with Crippen molar-refractivity contribution in [2.75, 3.05) is 0 Å². The van der Waals surface area contributed by atoms with Gasteiger partial charge in [0.2, 0.25) is 0 Å². The number of rotatable bonds is 1. The monoisotopic (exact) mass is 336 g/mol. The summed E-state index contributed by atoms with van der Waals surface area (Å²) in [5.41, 5.74) is 2.37. The van der Waals surface area contributed by atoms with E-state index in [1.807, 2.05) is 30.3 Å². The molecule has 0 spiro atoms. The van der Waals surface area contributed by atoms with E-state index in [4.69, 9.17) is 16.3 Å². The Bertz CT molecular complexity index is 567. The minimum Gasteiger partial charge on any atom is -0.485 e. The molecule has 0 aliphatic carbocycles. The molecule has 0 saturated carbocycles. The van der Waals surface area contributed by atoms with Crippen molar-refractivity contribution in [3.63, 3.8) is 0 Å². The number of ether oxygens (including phenoxy) is 1. The molecule has 3 rings (SSSR count). The molecule has 0 radical (unpaired) electrons. The maximum Gasteiger partial charge on any atom is 0.125 e. The van der Waals surface area contributed by atoms with Gasteiger partial charge < -0.3 is 4.74 Å². The molecule has 1 heterocycles. The number of hydrogen-bond donors (Lipinski definition) is 0. The molecular weight excluding hydrogens is 324 g/mol. The Hall–Kier alpha value is -0.990. The van der Waals surface area contributed by atoms with Gasteiger partial charge in [-0.3, -0.25) is 0 Å². The van der Waals surface area contributed by atoms with Crippen LogP contribution in [0, 0.1) is 0 Å². The second-order valence-electron chi connectivity index (χ2n) is 4.80. The van der Waals surface area contributed by atoms with Crippen molar-refractivity contribution in [2.24, 2.45) is 0 Å². The molecule has 1 nitrogen and oxygen atoms in total. The van der Waals surface area contributed by atoms with E-state index in [0.29, 0.717) is 0 Å². The molecule has 3 heteroatoms. The summed E-state index contributed by atoms with van der Waals surface area (Å²) in [5.74, 6) is 0.957. The summed E-state index contributed by atoms with van der Waals surface area (Å²) in [4.78, 5) is 0. The van der Waals surface area contributed by atoms with Gasteiger partial charge in [-0.2, -0.15) is 0 Å². The van der Waals surface area contributed by atoms with Gasteiger partial charge in [0.1, 0.15) is 11.9 Å². The first-order valence-electron chi connectivity index (χ1n) is 6.36. The number of benzene rings is 2. The van der Waals surface area contributed by atoms with E-state index in [0.717, 1.165) is 23.1 Å². The Morgan fingerprint density at radius 3 is 2.58 bits per heavy atom. The molecule has 98 valence electrons. The lowest BCUT2D eigenvalue weighted by atomic mass is 10.0. The van der Waals surface area contributed by atoms with Crippen molar-refractivity contribution in [2.45, 2.75) is 24.3 Å². The van der Waals surface area contributed by atoms with Crippen LogP contribution < -0.4 is 4.74 Å². The fraction of sp³-hybridized carbons (Fsp3) is 0.250. The predicted molar refractivity (Wildman–Crippen MR) is 81.9 cm³/mol. The molecule has 0 aromatic heterocycles. The molecule has 0 fully saturated rings. The maximum atomic E-state index is 6.44. The maximum absolute atomic E-state index is 6.44. The summed E-state index contributed by atoms with van der Waals surface area (Å²) < 4.78 is 7.23. The summed E-state index contributed by atoms with van der Waals surface area (Å²) in [5, 5.41) is 0.109. The number of halogens is 2. The van der Waals surface area contributed by atoms with Gasteiger partial charge in [-0.05, 0) is 35.7 Å². The molecule has 0 amide bonds. The van der Waals surface area contributed by atoms with E-state index < -0.39 is 0 Å². The van der Waals surface area contributed by atoms with Gasteiger partial charge in [0.25, 0.3) is 0 Å². The van der Waals surface area contributed by atoms with E-state index in [2.05, 4.69) is 34.1 Å². The van der Waals surface area contributed by atoms with Crippen molar-refractivity contribution in [1.29, 1.82) is 0 Å². The zero-order valence-corrected chi connectivity index (χ0v) is 12.7. The standard InChI is InChI=1S/C16H14BrClO/c17-13-7-5-11(6-8-13)16-10-14(18)9-12-3-1-2-4-15(12)19-16/h1-8,14,16H,9-10H2/t14-,16-/m0/s1. The smallest absolute Gasteiger partial charge is 0.125 e. The Morgan fingerprint density at radius 2 is 1.79 bits per heavy atom. The molecule has 1 aliphatic rings. The van der Waals surface area contributed by atoms with Gasteiger partial charge in [-0.25, -0.2) is 0 Å². The van der Waals surface area contributed by atoms with E-state index >= 15 is 0 Å². The lowest BCUT2D eigenvalue weighted by Gasteiger charge is -2.18. The summed E-state index contributed by atoms with van der Waals surface area (Å²) in [6.45, 7) is 0. The fourth-order valence-electron chi connectivity index (χ4n) is 2.42. The highest BCUT2D eigenvalue weighted by molar-refractivity contribution is 9.10. The first kappa shape index (κ1) is 13.0. The van der Waals surface area contributed by atoms with E-state index in [9.17, 15) is 0 Å². The average Bonchev–Trinajstić information content (AvgIpc) is 2.57. The summed E-state index contributed by atoms with van der Waals surface area (Å²) >= 11 is 9.89. The third-order valence-electron chi connectivity index (χ3n) is 3.39. The quantitative estimate of drug-likeness (QED) is 0.656. The Labute approximate surface area is 126 Å². The van der Waals surface area contributed by atoms with Crippen molar-refractivity contribution in [1.82, 2.24) is 0 Å². The van der Waals surface area contributed by atoms with Crippen molar-refractivity contribution >= 4 is 27.5 Å². The molecule has 0 unspecified atom stereocenters. The Morgan fingerprint density at radius 1 is 1.05 bits per heavy atom. The number of fused-ring (bicyclic) bond motifs is 1. The van der Waals surface area contributed by atoms with Crippen LogP contribution in [0.2, 0.25) is 0 Å². The minimum atomic E-state index is 0.0271. The highest BCUT2D eigenvalue weighted by Crippen LogP contribution is 2.35. The van der Waals surface area contributed by atoms with Gasteiger partial charge in [-0.15, -0.1) is 11.6 Å². The SMILES string of the molecule is Cl[C@H]1Cc2ccccc2O[C@H](c2ccc(Br)cc2)C1. The molecule has 0 N–H and O–H groups in total. The fourth-order valence-corrected chi connectivity index (χ4v) is 3.02. The number of para-hydroxylation sites is 1. The van der Waals surface area contributed by atoms with Crippen LogP contribution in [0.1, 0.15) is 23.7 Å². The molecule has 1 aliphatic heterocycles. The van der Waals surface area contributed by atoms with Gasteiger partial charge in [0, 0.05) is 16.3 Å². The third kappa shape index (κ3) is 2.96. The molecule has 2 atom stereocenters. The average molecular weight is 338 g/mol.